The molecule has 1 aromatic carbocycles. The SMILES string of the molecule is CC1CCN(c2nncc3ccccc23)C(CN)C1. The van der Waals surface area contributed by atoms with Gasteiger partial charge in [0, 0.05) is 29.9 Å². The van der Waals surface area contributed by atoms with Gasteiger partial charge in [-0.25, -0.2) is 0 Å². The molecule has 0 aliphatic carbocycles. The van der Waals surface area contributed by atoms with Crippen molar-refractivity contribution in [2.45, 2.75) is 25.8 Å². The molecule has 100 valence electrons. The summed E-state index contributed by atoms with van der Waals surface area (Å²) in [6, 6.07) is 8.66. The third kappa shape index (κ3) is 2.28. The molecule has 3 rings (SSSR count). The number of nitrogens with two attached hydrogens (primary N) is 1. The van der Waals surface area contributed by atoms with Crippen molar-refractivity contribution in [3.8, 4) is 0 Å². The van der Waals surface area contributed by atoms with Crippen molar-refractivity contribution in [3.05, 3.63) is 30.5 Å². The number of hydrogen-bond acceptors (Lipinski definition) is 4. The average molecular weight is 256 g/mol. The van der Waals surface area contributed by atoms with E-state index in [0.29, 0.717) is 12.6 Å². The minimum Gasteiger partial charge on any atom is -0.350 e. The zero-order valence-electron chi connectivity index (χ0n) is 11.3. The highest BCUT2D eigenvalue weighted by atomic mass is 15.3. The summed E-state index contributed by atoms with van der Waals surface area (Å²) in [6.45, 7) is 4.00. The lowest BCUT2D eigenvalue weighted by Gasteiger charge is -2.38. The van der Waals surface area contributed by atoms with Gasteiger partial charge in [-0.3, -0.25) is 0 Å². The van der Waals surface area contributed by atoms with Gasteiger partial charge in [0.05, 0.1) is 6.20 Å². The van der Waals surface area contributed by atoms with Crippen LogP contribution in [-0.2, 0) is 0 Å². The molecular weight excluding hydrogens is 236 g/mol. The quantitative estimate of drug-likeness (QED) is 0.895. The molecule has 0 spiro atoms. The Morgan fingerprint density at radius 3 is 3.05 bits per heavy atom. The molecule has 0 radical (unpaired) electrons. The highest BCUT2D eigenvalue weighted by Gasteiger charge is 2.27. The Hall–Kier alpha value is -1.68. The molecule has 2 aromatic rings. The maximum Gasteiger partial charge on any atom is 0.159 e. The van der Waals surface area contributed by atoms with Gasteiger partial charge in [-0.05, 0) is 18.8 Å². The van der Waals surface area contributed by atoms with Crippen LogP contribution in [0.5, 0.6) is 0 Å². The summed E-state index contributed by atoms with van der Waals surface area (Å²) in [6.07, 6.45) is 4.16. The molecule has 1 fully saturated rings. The maximum atomic E-state index is 5.95. The Labute approximate surface area is 113 Å². The Kier molecular flexibility index (Phi) is 3.34. The fraction of sp³-hybridized carbons (Fsp3) is 0.467. The van der Waals surface area contributed by atoms with E-state index in [4.69, 9.17) is 5.73 Å². The molecule has 2 heterocycles. The fourth-order valence-corrected chi connectivity index (χ4v) is 2.98. The van der Waals surface area contributed by atoms with Gasteiger partial charge >= 0.3 is 0 Å². The number of benzene rings is 1. The molecule has 0 saturated carbocycles. The maximum absolute atomic E-state index is 5.95. The number of piperidine rings is 1. The number of hydrogen-bond donors (Lipinski definition) is 1. The first-order valence-electron chi connectivity index (χ1n) is 6.96. The summed E-state index contributed by atoms with van der Waals surface area (Å²) in [5.41, 5.74) is 5.95. The second-order valence-corrected chi connectivity index (χ2v) is 5.47. The lowest BCUT2D eigenvalue weighted by molar-refractivity contribution is 0.365. The summed E-state index contributed by atoms with van der Waals surface area (Å²) in [4.78, 5) is 2.34. The normalized spacial score (nSPS) is 23.8. The Morgan fingerprint density at radius 1 is 1.37 bits per heavy atom. The van der Waals surface area contributed by atoms with Gasteiger partial charge in [0.2, 0.25) is 0 Å². The van der Waals surface area contributed by atoms with Crippen LogP contribution in [-0.4, -0.2) is 29.3 Å². The fourth-order valence-electron chi connectivity index (χ4n) is 2.98. The minimum atomic E-state index is 0.379. The number of nitrogens with zero attached hydrogens (tertiary/aromatic N) is 3. The molecule has 1 aliphatic rings. The van der Waals surface area contributed by atoms with Crippen molar-refractivity contribution >= 4 is 16.6 Å². The first-order chi connectivity index (χ1) is 9.29. The predicted octanol–water partition coefficient (Wildman–Crippen LogP) is 2.19. The van der Waals surface area contributed by atoms with Crippen LogP contribution < -0.4 is 10.6 Å². The van der Waals surface area contributed by atoms with Crippen LogP contribution >= 0.6 is 0 Å². The van der Waals surface area contributed by atoms with Crippen molar-refractivity contribution in [1.29, 1.82) is 0 Å². The van der Waals surface area contributed by atoms with Crippen LogP contribution in [0.2, 0.25) is 0 Å². The molecule has 1 saturated heterocycles. The van der Waals surface area contributed by atoms with Crippen molar-refractivity contribution < 1.29 is 0 Å². The van der Waals surface area contributed by atoms with Crippen LogP contribution in [0.4, 0.5) is 5.82 Å². The molecule has 0 amide bonds. The van der Waals surface area contributed by atoms with Gasteiger partial charge in [0.25, 0.3) is 0 Å². The Morgan fingerprint density at radius 2 is 2.21 bits per heavy atom. The third-order valence-corrected chi connectivity index (χ3v) is 4.07. The Balaban J connectivity index is 2.03. The Bertz CT molecular complexity index is 564. The van der Waals surface area contributed by atoms with Gasteiger partial charge in [0.15, 0.2) is 5.82 Å². The van der Waals surface area contributed by atoms with Gasteiger partial charge < -0.3 is 10.6 Å². The van der Waals surface area contributed by atoms with Gasteiger partial charge in [0.1, 0.15) is 0 Å². The van der Waals surface area contributed by atoms with E-state index in [9.17, 15) is 0 Å². The number of aromatic nitrogens is 2. The third-order valence-electron chi connectivity index (χ3n) is 4.07. The standard InChI is InChI=1S/C15H20N4/c1-11-6-7-19(13(8-11)9-16)15-14-5-3-2-4-12(14)10-17-18-15/h2-5,10-11,13H,6-9,16H2,1H3. The molecule has 0 bridgehead atoms. The monoisotopic (exact) mass is 256 g/mol. The van der Waals surface area contributed by atoms with Crippen LogP contribution in [0, 0.1) is 5.92 Å². The molecule has 19 heavy (non-hydrogen) atoms. The zero-order valence-corrected chi connectivity index (χ0v) is 11.3. The largest absolute Gasteiger partial charge is 0.350 e. The van der Waals surface area contributed by atoms with E-state index in [1.165, 1.54) is 11.8 Å². The van der Waals surface area contributed by atoms with E-state index < -0.39 is 0 Å². The average Bonchev–Trinajstić information content (AvgIpc) is 2.46. The van der Waals surface area contributed by atoms with Crippen molar-refractivity contribution in [3.63, 3.8) is 0 Å². The van der Waals surface area contributed by atoms with E-state index in [1.807, 2.05) is 12.3 Å². The molecule has 4 heteroatoms. The summed E-state index contributed by atoms with van der Waals surface area (Å²) in [5, 5.41) is 10.8. The first kappa shape index (κ1) is 12.4. The lowest BCUT2D eigenvalue weighted by Crippen LogP contribution is -2.46. The van der Waals surface area contributed by atoms with E-state index in [1.54, 1.807) is 0 Å². The predicted molar refractivity (Wildman–Crippen MR) is 78.1 cm³/mol. The van der Waals surface area contributed by atoms with E-state index >= 15 is 0 Å². The number of rotatable bonds is 2. The van der Waals surface area contributed by atoms with E-state index in [-0.39, 0.29) is 0 Å². The van der Waals surface area contributed by atoms with Crippen molar-refractivity contribution in [1.82, 2.24) is 10.2 Å². The molecule has 2 N–H and O–H groups in total. The molecule has 1 aromatic heterocycles. The van der Waals surface area contributed by atoms with Gasteiger partial charge in [-0.1, -0.05) is 31.2 Å². The molecule has 1 aliphatic heterocycles. The highest BCUT2D eigenvalue weighted by molar-refractivity contribution is 5.91. The second-order valence-electron chi connectivity index (χ2n) is 5.47. The summed E-state index contributed by atoms with van der Waals surface area (Å²) in [5.74, 6) is 1.73. The summed E-state index contributed by atoms with van der Waals surface area (Å²) < 4.78 is 0. The molecule has 4 nitrogen and oxygen atoms in total. The zero-order chi connectivity index (χ0) is 13.2. The molecule has 2 unspecified atom stereocenters. The van der Waals surface area contributed by atoms with E-state index in [0.717, 1.165) is 30.1 Å². The number of anilines is 1. The van der Waals surface area contributed by atoms with Crippen LogP contribution in [0.25, 0.3) is 10.8 Å². The highest BCUT2D eigenvalue weighted by Crippen LogP contribution is 2.30. The van der Waals surface area contributed by atoms with Crippen LogP contribution in [0.15, 0.2) is 30.5 Å². The minimum absolute atomic E-state index is 0.379. The lowest BCUT2D eigenvalue weighted by atomic mass is 9.92. The van der Waals surface area contributed by atoms with E-state index in [2.05, 4.69) is 40.2 Å². The van der Waals surface area contributed by atoms with Crippen LogP contribution in [0.1, 0.15) is 19.8 Å². The van der Waals surface area contributed by atoms with Gasteiger partial charge in [-0.2, -0.15) is 5.10 Å². The first-order valence-corrected chi connectivity index (χ1v) is 6.96. The summed E-state index contributed by atoms with van der Waals surface area (Å²) in [7, 11) is 0. The van der Waals surface area contributed by atoms with Crippen LogP contribution in [0.3, 0.4) is 0 Å². The molecule has 2 atom stereocenters. The molecular formula is C15H20N4. The van der Waals surface area contributed by atoms with Crippen molar-refractivity contribution in [2.75, 3.05) is 18.0 Å². The second kappa shape index (κ2) is 5.13. The van der Waals surface area contributed by atoms with Gasteiger partial charge in [-0.15, -0.1) is 5.10 Å². The smallest absolute Gasteiger partial charge is 0.159 e. The summed E-state index contributed by atoms with van der Waals surface area (Å²) >= 11 is 0. The van der Waals surface area contributed by atoms with Crippen molar-refractivity contribution in [2.24, 2.45) is 11.7 Å². The topological polar surface area (TPSA) is 55.0 Å². The number of fused-ring (bicyclic) bond motifs is 1.